The van der Waals surface area contributed by atoms with E-state index < -0.39 is 5.97 Å². The Morgan fingerprint density at radius 2 is 2.05 bits per heavy atom. The minimum Gasteiger partial charge on any atom is -0.465 e. The average Bonchev–Trinajstić information content (AvgIpc) is 2.80. The summed E-state index contributed by atoms with van der Waals surface area (Å²) in [6, 6.07) is 5.04. The van der Waals surface area contributed by atoms with E-state index in [1.165, 1.54) is 11.9 Å². The van der Waals surface area contributed by atoms with Crippen LogP contribution >= 0.6 is 0 Å². The first-order valence-electron chi connectivity index (χ1n) is 5.58. The zero-order valence-corrected chi connectivity index (χ0v) is 10.4. The van der Waals surface area contributed by atoms with Gasteiger partial charge in [-0.05, 0) is 18.2 Å². The fraction of sp³-hybridized carbons (Fsp3) is 0.167. The summed E-state index contributed by atoms with van der Waals surface area (Å²) in [4.78, 5) is 17.2. The Hall–Kier alpha value is -2.70. The van der Waals surface area contributed by atoms with E-state index in [1.54, 1.807) is 25.2 Å². The third-order valence-electron chi connectivity index (χ3n) is 2.87. The Kier molecular flexibility index (Phi) is 2.34. The lowest BCUT2D eigenvalue weighted by Gasteiger charge is -2.03. The summed E-state index contributed by atoms with van der Waals surface area (Å²) in [7, 11) is 3.04. The highest BCUT2D eigenvalue weighted by molar-refractivity contribution is 6.07. The minimum absolute atomic E-state index is 0.321. The van der Waals surface area contributed by atoms with Crippen molar-refractivity contribution in [3.8, 4) is 0 Å². The Morgan fingerprint density at radius 1 is 1.32 bits per heavy atom. The van der Waals surface area contributed by atoms with Gasteiger partial charge in [0.2, 0.25) is 0 Å². The molecule has 1 aromatic carbocycles. The molecule has 3 aromatic rings. The largest absolute Gasteiger partial charge is 0.465 e. The number of carbonyl (C=O) groups excluding carboxylic acids is 1. The van der Waals surface area contributed by atoms with Crippen molar-refractivity contribution in [2.75, 3.05) is 12.8 Å². The van der Waals surface area contributed by atoms with E-state index in [1.807, 2.05) is 0 Å². The van der Waals surface area contributed by atoms with E-state index in [2.05, 4.69) is 15.2 Å². The van der Waals surface area contributed by atoms with Gasteiger partial charge in [-0.1, -0.05) is 0 Å². The maximum absolute atomic E-state index is 11.6. The standard InChI is InChI=1S/C12H11N5O2/c1-17-15-9-7-5-6(12(18)19-2)3-4-8(7)14-11(13)10(9)16-17/h3-5H,1-2H3,(H2,13,14). The first kappa shape index (κ1) is 11.4. The molecule has 7 heteroatoms. The summed E-state index contributed by atoms with van der Waals surface area (Å²) in [5.41, 5.74) is 8.09. The number of methoxy groups -OCH3 is 1. The number of benzene rings is 1. The highest BCUT2D eigenvalue weighted by atomic mass is 16.5. The number of nitrogens with two attached hydrogens (primary N) is 1. The molecule has 0 aliphatic heterocycles. The number of aromatic nitrogens is 4. The Balaban J connectivity index is 2.40. The average molecular weight is 257 g/mol. The van der Waals surface area contributed by atoms with E-state index in [9.17, 15) is 4.79 Å². The van der Waals surface area contributed by atoms with Crippen LogP contribution in [0.3, 0.4) is 0 Å². The Labute approximate surface area is 108 Å². The summed E-state index contributed by atoms with van der Waals surface area (Å²) in [6.45, 7) is 0. The molecule has 0 spiro atoms. The van der Waals surface area contributed by atoms with Crippen LogP contribution in [0.15, 0.2) is 18.2 Å². The van der Waals surface area contributed by atoms with Gasteiger partial charge in [0, 0.05) is 12.4 Å². The summed E-state index contributed by atoms with van der Waals surface area (Å²) < 4.78 is 4.70. The van der Waals surface area contributed by atoms with Gasteiger partial charge in [-0.3, -0.25) is 0 Å². The normalized spacial score (nSPS) is 11.1. The fourth-order valence-corrected chi connectivity index (χ4v) is 2.01. The molecule has 0 saturated heterocycles. The number of fused-ring (bicyclic) bond motifs is 3. The lowest BCUT2D eigenvalue weighted by molar-refractivity contribution is 0.0601. The second-order valence-electron chi connectivity index (χ2n) is 4.11. The van der Waals surface area contributed by atoms with E-state index >= 15 is 0 Å². The van der Waals surface area contributed by atoms with Crippen molar-refractivity contribution in [2.45, 2.75) is 0 Å². The maximum Gasteiger partial charge on any atom is 0.337 e. The van der Waals surface area contributed by atoms with Crippen molar-refractivity contribution >= 4 is 33.7 Å². The molecule has 0 aliphatic rings. The number of anilines is 1. The molecule has 0 radical (unpaired) electrons. The molecule has 3 rings (SSSR count). The van der Waals surface area contributed by atoms with E-state index in [4.69, 9.17) is 10.5 Å². The zero-order valence-electron chi connectivity index (χ0n) is 10.4. The van der Waals surface area contributed by atoms with Gasteiger partial charge >= 0.3 is 5.97 Å². The van der Waals surface area contributed by atoms with Gasteiger partial charge in [0.25, 0.3) is 0 Å². The number of rotatable bonds is 1. The van der Waals surface area contributed by atoms with Crippen LogP contribution in [0, 0.1) is 0 Å². The van der Waals surface area contributed by atoms with Crippen molar-refractivity contribution in [3.63, 3.8) is 0 Å². The molecule has 0 unspecified atom stereocenters. The maximum atomic E-state index is 11.6. The molecule has 2 heterocycles. The predicted octanol–water partition coefficient (Wildman–Crippen LogP) is 0.885. The monoisotopic (exact) mass is 257 g/mol. The second kappa shape index (κ2) is 3.91. The van der Waals surface area contributed by atoms with Crippen molar-refractivity contribution in [1.29, 1.82) is 0 Å². The van der Waals surface area contributed by atoms with Crippen LogP contribution in [0.4, 0.5) is 5.82 Å². The molecule has 0 atom stereocenters. The summed E-state index contributed by atoms with van der Waals surface area (Å²) >= 11 is 0. The molecular formula is C12H11N5O2. The molecule has 0 amide bonds. The van der Waals surface area contributed by atoms with Crippen LogP contribution in [0.2, 0.25) is 0 Å². The van der Waals surface area contributed by atoms with Gasteiger partial charge in [-0.15, -0.1) is 5.10 Å². The van der Waals surface area contributed by atoms with Crippen LogP contribution < -0.4 is 5.73 Å². The number of carbonyl (C=O) groups is 1. The molecular weight excluding hydrogens is 246 g/mol. The highest BCUT2D eigenvalue weighted by Gasteiger charge is 2.14. The number of hydrogen-bond donors (Lipinski definition) is 1. The number of hydrogen-bond acceptors (Lipinski definition) is 6. The van der Waals surface area contributed by atoms with Crippen LogP contribution in [-0.4, -0.2) is 33.1 Å². The zero-order chi connectivity index (χ0) is 13.6. The van der Waals surface area contributed by atoms with Crippen molar-refractivity contribution in [2.24, 2.45) is 7.05 Å². The molecule has 0 aliphatic carbocycles. The molecule has 2 aromatic heterocycles. The highest BCUT2D eigenvalue weighted by Crippen LogP contribution is 2.25. The first-order valence-corrected chi connectivity index (χ1v) is 5.58. The van der Waals surface area contributed by atoms with Crippen LogP contribution in [0.25, 0.3) is 21.9 Å². The van der Waals surface area contributed by atoms with Gasteiger partial charge in [-0.2, -0.15) is 9.90 Å². The van der Waals surface area contributed by atoms with Crippen molar-refractivity contribution in [3.05, 3.63) is 23.8 Å². The minimum atomic E-state index is -0.407. The van der Waals surface area contributed by atoms with Gasteiger partial charge in [0.05, 0.1) is 18.2 Å². The third kappa shape index (κ3) is 1.67. The van der Waals surface area contributed by atoms with E-state index in [-0.39, 0.29) is 0 Å². The van der Waals surface area contributed by atoms with Crippen LogP contribution in [0.1, 0.15) is 10.4 Å². The lowest BCUT2D eigenvalue weighted by Crippen LogP contribution is -2.01. The summed E-state index contributed by atoms with van der Waals surface area (Å²) in [5, 5.41) is 9.14. The van der Waals surface area contributed by atoms with Crippen LogP contribution in [-0.2, 0) is 11.8 Å². The van der Waals surface area contributed by atoms with Crippen molar-refractivity contribution < 1.29 is 9.53 Å². The molecule has 0 saturated carbocycles. The number of nitrogens with zero attached hydrogens (tertiary/aromatic N) is 4. The molecule has 0 fully saturated rings. The summed E-state index contributed by atoms with van der Waals surface area (Å²) in [5.74, 6) is -0.0859. The lowest BCUT2D eigenvalue weighted by atomic mass is 10.1. The number of nitrogen functional groups attached to an aromatic ring is 1. The smallest absolute Gasteiger partial charge is 0.337 e. The predicted molar refractivity (Wildman–Crippen MR) is 69.6 cm³/mol. The van der Waals surface area contributed by atoms with Gasteiger partial charge in [-0.25, -0.2) is 9.78 Å². The quantitative estimate of drug-likeness (QED) is 0.650. The SMILES string of the molecule is COC(=O)c1ccc2nc(N)c3nn(C)nc3c2c1. The number of esters is 1. The van der Waals surface area contributed by atoms with Crippen LogP contribution in [0.5, 0.6) is 0 Å². The molecule has 19 heavy (non-hydrogen) atoms. The number of ether oxygens (including phenoxy) is 1. The topological polar surface area (TPSA) is 95.9 Å². The number of aryl methyl sites for hydroxylation is 1. The Bertz CT molecular complexity index is 809. The molecule has 0 bridgehead atoms. The second-order valence-corrected chi connectivity index (χ2v) is 4.11. The Morgan fingerprint density at radius 3 is 2.79 bits per heavy atom. The number of pyridine rings is 1. The molecule has 7 nitrogen and oxygen atoms in total. The fourth-order valence-electron chi connectivity index (χ4n) is 2.01. The van der Waals surface area contributed by atoms with E-state index in [0.717, 1.165) is 5.39 Å². The summed E-state index contributed by atoms with van der Waals surface area (Å²) in [6.07, 6.45) is 0. The van der Waals surface area contributed by atoms with Crippen molar-refractivity contribution in [1.82, 2.24) is 20.0 Å². The van der Waals surface area contributed by atoms with Gasteiger partial charge in [0.15, 0.2) is 11.3 Å². The molecule has 2 N–H and O–H groups in total. The first-order chi connectivity index (χ1) is 9.10. The molecule has 96 valence electrons. The van der Waals surface area contributed by atoms with Gasteiger partial charge in [0.1, 0.15) is 5.52 Å². The third-order valence-corrected chi connectivity index (χ3v) is 2.87. The van der Waals surface area contributed by atoms with E-state index in [0.29, 0.717) is 27.9 Å². The van der Waals surface area contributed by atoms with Gasteiger partial charge < -0.3 is 10.5 Å².